The first-order valence-electron chi connectivity index (χ1n) is 5.45. The molecule has 88 valence electrons. The first-order valence-corrected chi connectivity index (χ1v) is 5.45. The Balaban J connectivity index is 2.21. The zero-order chi connectivity index (χ0) is 12.1. The number of hydrogen-bond donors (Lipinski definition) is 1. The molecule has 0 aliphatic heterocycles. The van der Waals surface area contributed by atoms with Crippen LogP contribution in [0.4, 0.5) is 4.39 Å². The molecule has 0 saturated carbocycles. The highest BCUT2D eigenvalue weighted by atomic mass is 19.1. The molecule has 2 nitrogen and oxygen atoms in total. The maximum Gasteiger partial charge on any atom is 0.130 e. The molecule has 2 rings (SSSR count). The lowest BCUT2D eigenvalue weighted by atomic mass is 10.2. The van der Waals surface area contributed by atoms with Crippen molar-refractivity contribution in [2.45, 2.75) is 6.54 Å². The highest BCUT2D eigenvalue weighted by Gasteiger charge is 2.02. The average molecular weight is 231 g/mol. The highest BCUT2D eigenvalue weighted by molar-refractivity contribution is 5.34. The number of rotatable bonds is 4. The van der Waals surface area contributed by atoms with Gasteiger partial charge in [-0.1, -0.05) is 18.2 Å². The van der Waals surface area contributed by atoms with E-state index < -0.39 is 0 Å². The molecule has 2 aromatic carbocycles. The Kier molecular flexibility index (Phi) is 3.73. The van der Waals surface area contributed by atoms with Crippen LogP contribution in [0.3, 0.4) is 0 Å². The third-order valence-electron chi connectivity index (χ3n) is 2.29. The third-order valence-corrected chi connectivity index (χ3v) is 2.29. The van der Waals surface area contributed by atoms with Crippen LogP contribution >= 0.6 is 0 Å². The molecule has 0 fully saturated rings. The van der Waals surface area contributed by atoms with Gasteiger partial charge in [-0.25, -0.2) is 4.39 Å². The van der Waals surface area contributed by atoms with Crippen LogP contribution in [0.25, 0.3) is 0 Å². The van der Waals surface area contributed by atoms with E-state index >= 15 is 0 Å². The van der Waals surface area contributed by atoms with Crippen LogP contribution in [-0.4, -0.2) is 7.05 Å². The molecule has 0 aromatic heterocycles. The summed E-state index contributed by atoms with van der Waals surface area (Å²) < 4.78 is 18.9. The summed E-state index contributed by atoms with van der Waals surface area (Å²) >= 11 is 0. The second-order valence-electron chi connectivity index (χ2n) is 3.74. The smallest absolute Gasteiger partial charge is 0.130 e. The predicted octanol–water partition coefficient (Wildman–Crippen LogP) is 3.34. The molecule has 0 unspecified atom stereocenters. The van der Waals surface area contributed by atoms with Gasteiger partial charge in [0.1, 0.15) is 17.3 Å². The molecule has 2 aromatic rings. The van der Waals surface area contributed by atoms with Gasteiger partial charge >= 0.3 is 0 Å². The van der Waals surface area contributed by atoms with Crippen LogP contribution in [0.2, 0.25) is 0 Å². The standard InChI is InChI=1S/C14H14FNO/c1-16-10-11-7-12(15)9-14(8-11)17-13-5-3-2-4-6-13/h2-9,16H,10H2,1H3. The first-order chi connectivity index (χ1) is 8.28. The Labute approximate surface area is 100 Å². The fraction of sp³-hybridized carbons (Fsp3) is 0.143. The van der Waals surface area contributed by atoms with E-state index in [1.54, 1.807) is 0 Å². The SMILES string of the molecule is CNCc1cc(F)cc(Oc2ccccc2)c1. The molecule has 0 saturated heterocycles. The Morgan fingerprint density at radius 1 is 1.06 bits per heavy atom. The van der Waals surface area contributed by atoms with E-state index in [4.69, 9.17) is 4.74 Å². The fourth-order valence-corrected chi connectivity index (χ4v) is 1.61. The lowest BCUT2D eigenvalue weighted by molar-refractivity contribution is 0.475. The van der Waals surface area contributed by atoms with Gasteiger partial charge in [-0.3, -0.25) is 0 Å². The summed E-state index contributed by atoms with van der Waals surface area (Å²) in [5.41, 5.74) is 0.860. The van der Waals surface area contributed by atoms with E-state index in [9.17, 15) is 4.39 Å². The summed E-state index contributed by atoms with van der Waals surface area (Å²) in [5, 5.41) is 2.98. The quantitative estimate of drug-likeness (QED) is 0.871. The minimum Gasteiger partial charge on any atom is -0.457 e. The van der Waals surface area contributed by atoms with Crippen molar-refractivity contribution < 1.29 is 9.13 Å². The molecule has 0 spiro atoms. The maximum atomic E-state index is 13.3. The van der Waals surface area contributed by atoms with Gasteiger partial charge in [0.15, 0.2) is 0 Å². The summed E-state index contributed by atoms with van der Waals surface area (Å²) in [6, 6.07) is 14.0. The van der Waals surface area contributed by atoms with Gasteiger partial charge in [-0.2, -0.15) is 0 Å². The molecule has 0 amide bonds. The molecule has 0 atom stereocenters. The summed E-state index contributed by atoms with van der Waals surface area (Å²) in [4.78, 5) is 0. The van der Waals surface area contributed by atoms with Crippen molar-refractivity contribution in [3.05, 3.63) is 59.9 Å². The van der Waals surface area contributed by atoms with E-state index in [2.05, 4.69) is 5.32 Å². The van der Waals surface area contributed by atoms with E-state index in [1.165, 1.54) is 12.1 Å². The van der Waals surface area contributed by atoms with Crippen LogP contribution in [0.1, 0.15) is 5.56 Å². The van der Waals surface area contributed by atoms with Crippen molar-refractivity contribution in [3.8, 4) is 11.5 Å². The van der Waals surface area contributed by atoms with Crippen LogP contribution in [0, 0.1) is 5.82 Å². The molecular formula is C14H14FNO. The lowest BCUT2D eigenvalue weighted by Crippen LogP contribution is -2.05. The van der Waals surface area contributed by atoms with E-state index in [0.29, 0.717) is 18.0 Å². The number of hydrogen-bond acceptors (Lipinski definition) is 2. The molecule has 17 heavy (non-hydrogen) atoms. The van der Waals surface area contributed by atoms with E-state index in [1.807, 2.05) is 43.4 Å². The van der Waals surface area contributed by atoms with Gasteiger partial charge in [0.2, 0.25) is 0 Å². The molecule has 0 heterocycles. The number of ether oxygens (including phenoxy) is 1. The fourth-order valence-electron chi connectivity index (χ4n) is 1.61. The number of benzene rings is 2. The van der Waals surface area contributed by atoms with Gasteiger partial charge in [0.05, 0.1) is 0 Å². The molecule has 0 radical (unpaired) electrons. The molecular weight excluding hydrogens is 217 g/mol. The van der Waals surface area contributed by atoms with Crippen molar-refractivity contribution in [3.63, 3.8) is 0 Å². The van der Waals surface area contributed by atoms with Gasteiger partial charge in [0.25, 0.3) is 0 Å². The normalized spacial score (nSPS) is 10.2. The average Bonchev–Trinajstić information content (AvgIpc) is 2.30. The van der Waals surface area contributed by atoms with Gasteiger partial charge in [-0.15, -0.1) is 0 Å². The van der Waals surface area contributed by atoms with Crippen molar-refractivity contribution in [1.29, 1.82) is 0 Å². The topological polar surface area (TPSA) is 21.3 Å². The predicted molar refractivity (Wildman–Crippen MR) is 65.7 cm³/mol. The molecule has 1 N–H and O–H groups in total. The molecule has 3 heteroatoms. The minimum absolute atomic E-state index is 0.288. The summed E-state index contributed by atoms with van der Waals surface area (Å²) in [5.74, 6) is 0.929. The lowest BCUT2D eigenvalue weighted by Gasteiger charge is -2.08. The summed E-state index contributed by atoms with van der Waals surface area (Å²) in [7, 11) is 1.82. The van der Waals surface area contributed by atoms with Crippen molar-refractivity contribution in [1.82, 2.24) is 5.32 Å². The van der Waals surface area contributed by atoms with Crippen LogP contribution in [0.15, 0.2) is 48.5 Å². The zero-order valence-electron chi connectivity index (χ0n) is 9.61. The Bertz CT molecular complexity index is 485. The van der Waals surface area contributed by atoms with Gasteiger partial charge in [-0.05, 0) is 36.9 Å². The molecule has 0 bridgehead atoms. The van der Waals surface area contributed by atoms with E-state index in [0.717, 1.165) is 5.56 Å². The number of nitrogens with one attached hydrogen (secondary N) is 1. The first kappa shape index (κ1) is 11.6. The molecule has 0 aliphatic rings. The zero-order valence-corrected chi connectivity index (χ0v) is 9.61. The summed E-state index contributed by atoms with van der Waals surface area (Å²) in [6.45, 7) is 0.614. The van der Waals surface area contributed by atoms with Crippen molar-refractivity contribution in [2.75, 3.05) is 7.05 Å². The van der Waals surface area contributed by atoms with Gasteiger partial charge < -0.3 is 10.1 Å². The highest BCUT2D eigenvalue weighted by Crippen LogP contribution is 2.23. The second-order valence-corrected chi connectivity index (χ2v) is 3.74. The van der Waals surface area contributed by atoms with Crippen LogP contribution in [0.5, 0.6) is 11.5 Å². The Morgan fingerprint density at radius 3 is 2.53 bits per heavy atom. The van der Waals surface area contributed by atoms with Crippen molar-refractivity contribution >= 4 is 0 Å². The van der Waals surface area contributed by atoms with Crippen LogP contribution in [-0.2, 0) is 6.54 Å². The monoisotopic (exact) mass is 231 g/mol. The van der Waals surface area contributed by atoms with Crippen LogP contribution < -0.4 is 10.1 Å². The number of halogens is 1. The third kappa shape index (κ3) is 3.29. The van der Waals surface area contributed by atoms with Crippen molar-refractivity contribution in [2.24, 2.45) is 0 Å². The maximum absolute atomic E-state index is 13.3. The second kappa shape index (κ2) is 5.46. The Morgan fingerprint density at radius 2 is 1.82 bits per heavy atom. The summed E-state index contributed by atoms with van der Waals surface area (Å²) in [6.07, 6.45) is 0. The molecule has 0 aliphatic carbocycles. The Hall–Kier alpha value is -1.87. The van der Waals surface area contributed by atoms with Gasteiger partial charge in [0, 0.05) is 12.6 Å². The number of para-hydroxylation sites is 1. The minimum atomic E-state index is -0.288. The largest absolute Gasteiger partial charge is 0.457 e. The van der Waals surface area contributed by atoms with E-state index in [-0.39, 0.29) is 5.82 Å².